The van der Waals surface area contributed by atoms with E-state index in [2.05, 4.69) is 52.5 Å². The summed E-state index contributed by atoms with van der Waals surface area (Å²) < 4.78 is 36.4. The van der Waals surface area contributed by atoms with Crippen LogP contribution >= 0.6 is 0 Å². The average molecular weight is 677 g/mol. The van der Waals surface area contributed by atoms with Crippen LogP contribution in [0.4, 0.5) is 4.79 Å². The molecule has 258 valence electrons. The first kappa shape index (κ1) is 32.9. The number of amides is 3. The first-order valence-corrected chi connectivity index (χ1v) is 18.7. The second-order valence-electron chi connectivity index (χ2n) is 14.7. The van der Waals surface area contributed by atoms with Crippen molar-refractivity contribution in [3.05, 3.63) is 53.1 Å². The van der Waals surface area contributed by atoms with Gasteiger partial charge < -0.3 is 19.5 Å². The average Bonchev–Trinajstić information content (AvgIpc) is 3.69. The van der Waals surface area contributed by atoms with E-state index in [0.29, 0.717) is 25.6 Å². The highest BCUT2D eigenvalue weighted by Gasteiger charge is 2.59. The Morgan fingerprint density at radius 3 is 2.38 bits per heavy atom. The number of benzene rings is 2. The van der Waals surface area contributed by atoms with Gasteiger partial charge in [-0.1, -0.05) is 25.3 Å². The lowest BCUT2D eigenvalue weighted by Crippen LogP contribution is -2.60. The number of urea groups is 1. The van der Waals surface area contributed by atoms with Crippen LogP contribution in [-0.4, -0.2) is 98.0 Å². The summed E-state index contributed by atoms with van der Waals surface area (Å²) >= 11 is 0. The van der Waals surface area contributed by atoms with E-state index in [0.717, 1.165) is 51.5 Å². The maximum atomic E-state index is 14.1. The molecule has 0 bridgehead atoms. The SMILES string of the molecule is COc1ccc2c(c1)[C@H]1C[C@@]1(NC(=O)N1C[C@@H](C)N(C)[C@@H](C)C1)Cn1c-2c(C2CCCCC2)c2ccc(C(=O)NS(=O)(=O)N(C)C)cc21. The third kappa shape index (κ3) is 5.55. The summed E-state index contributed by atoms with van der Waals surface area (Å²) in [5.41, 5.74) is 5.35. The Kier molecular flexibility index (Phi) is 8.27. The molecule has 0 radical (unpaired) electrons. The molecule has 11 nitrogen and oxygen atoms in total. The summed E-state index contributed by atoms with van der Waals surface area (Å²) in [6.07, 6.45) is 6.53. The lowest BCUT2D eigenvalue weighted by Gasteiger charge is -2.42. The number of carbonyl (C=O) groups is 2. The highest BCUT2D eigenvalue weighted by atomic mass is 32.2. The van der Waals surface area contributed by atoms with Gasteiger partial charge in [-0.25, -0.2) is 9.52 Å². The van der Waals surface area contributed by atoms with Crippen LogP contribution in [0.1, 0.15) is 85.7 Å². The highest BCUT2D eigenvalue weighted by molar-refractivity contribution is 7.87. The van der Waals surface area contributed by atoms with E-state index in [1.165, 1.54) is 44.5 Å². The van der Waals surface area contributed by atoms with E-state index in [9.17, 15) is 18.0 Å². The maximum Gasteiger partial charge on any atom is 0.318 e. The van der Waals surface area contributed by atoms with Gasteiger partial charge >= 0.3 is 16.2 Å². The van der Waals surface area contributed by atoms with E-state index in [1.54, 1.807) is 13.2 Å². The van der Waals surface area contributed by atoms with Gasteiger partial charge in [0, 0.05) is 73.8 Å². The van der Waals surface area contributed by atoms with Crippen molar-refractivity contribution in [2.75, 3.05) is 41.3 Å². The number of ether oxygens (including phenoxy) is 1. The Morgan fingerprint density at radius 1 is 1.00 bits per heavy atom. The smallest absolute Gasteiger partial charge is 0.318 e. The molecule has 1 aromatic heterocycles. The maximum absolute atomic E-state index is 14.1. The summed E-state index contributed by atoms with van der Waals surface area (Å²) in [5, 5.41) is 4.61. The van der Waals surface area contributed by atoms with E-state index in [1.807, 2.05) is 23.1 Å². The van der Waals surface area contributed by atoms with Crippen molar-refractivity contribution >= 4 is 33.1 Å². The molecule has 4 aliphatic rings. The largest absolute Gasteiger partial charge is 0.497 e. The number of rotatable bonds is 6. The Balaban J connectivity index is 1.37. The molecule has 3 amide bonds. The molecule has 3 heterocycles. The lowest BCUT2D eigenvalue weighted by atomic mass is 9.81. The van der Waals surface area contributed by atoms with Crippen LogP contribution in [0.2, 0.25) is 0 Å². The summed E-state index contributed by atoms with van der Waals surface area (Å²) in [6, 6.07) is 12.3. The van der Waals surface area contributed by atoms with Crippen LogP contribution in [0, 0.1) is 0 Å². The minimum atomic E-state index is -3.97. The lowest BCUT2D eigenvalue weighted by molar-refractivity contribution is 0.0752. The number of methoxy groups -OCH3 is 1. The van der Waals surface area contributed by atoms with Crippen molar-refractivity contribution in [3.63, 3.8) is 0 Å². The fraction of sp³-hybridized carbons (Fsp3) is 0.556. The van der Waals surface area contributed by atoms with E-state index in [-0.39, 0.29) is 29.6 Å². The summed E-state index contributed by atoms with van der Waals surface area (Å²) in [6.45, 7) is 6.18. The van der Waals surface area contributed by atoms with E-state index < -0.39 is 21.7 Å². The zero-order chi connectivity index (χ0) is 34.1. The molecular formula is C36H48N6O5S. The Bertz CT molecular complexity index is 1870. The molecule has 2 aliphatic heterocycles. The standard InChI is InChI=1S/C36H48N6O5S/c1-22-19-41(20-23(2)40(22)5)35(44)37-36-18-30(36)29-17-26(47-6)13-15-27(29)33-32(24-10-8-7-9-11-24)28-14-12-25(16-31(28)42(33)21-36)34(43)38-48(45,46)39(3)4/h12-17,22-24,30H,7-11,18-21H2,1-6H3,(H,37,44)(H,38,43)/t22-,23+,30-,36-/m1/s1. The second kappa shape index (κ2) is 12.1. The van der Waals surface area contributed by atoms with Gasteiger partial charge in [-0.2, -0.15) is 12.7 Å². The predicted octanol–water partition coefficient (Wildman–Crippen LogP) is 4.87. The zero-order valence-electron chi connectivity index (χ0n) is 28.9. The number of hydrogen-bond donors (Lipinski definition) is 2. The molecule has 12 heteroatoms. The van der Waals surface area contributed by atoms with Crippen LogP contribution in [0.25, 0.3) is 22.2 Å². The predicted molar refractivity (Wildman–Crippen MR) is 187 cm³/mol. The molecule has 4 atom stereocenters. The van der Waals surface area contributed by atoms with E-state index >= 15 is 0 Å². The van der Waals surface area contributed by atoms with Crippen molar-refractivity contribution in [1.29, 1.82) is 0 Å². The van der Waals surface area contributed by atoms with Crippen molar-refractivity contribution in [2.45, 2.75) is 88.4 Å². The number of nitrogens with zero attached hydrogens (tertiary/aromatic N) is 4. The fourth-order valence-electron chi connectivity index (χ4n) is 8.43. The Hall–Kier alpha value is -3.61. The molecule has 0 unspecified atom stereocenters. The number of likely N-dealkylation sites (N-methyl/N-ethyl adjacent to an activating group) is 1. The van der Waals surface area contributed by atoms with Gasteiger partial charge in [-0.15, -0.1) is 0 Å². The van der Waals surface area contributed by atoms with Gasteiger partial charge in [0.25, 0.3) is 5.91 Å². The van der Waals surface area contributed by atoms with Gasteiger partial charge in [0.1, 0.15) is 5.75 Å². The first-order valence-electron chi connectivity index (χ1n) is 17.2. The van der Waals surface area contributed by atoms with Crippen LogP contribution in [-0.2, 0) is 16.8 Å². The van der Waals surface area contributed by atoms with Gasteiger partial charge in [0.2, 0.25) is 0 Å². The minimum absolute atomic E-state index is 0.0462. The van der Waals surface area contributed by atoms with Gasteiger partial charge in [0.15, 0.2) is 0 Å². The van der Waals surface area contributed by atoms with Gasteiger partial charge in [-0.3, -0.25) is 9.69 Å². The number of aromatic nitrogens is 1. The monoisotopic (exact) mass is 676 g/mol. The van der Waals surface area contributed by atoms with Crippen LogP contribution in [0.15, 0.2) is 36.4 Å². The summed E-state index contributed by atoms with van der Waals surface area (Å²) in [7, 11) is 2.60. The van der Waals surface area contributed by atoms with Crippen molar-refractivity contribution in [2.24, 2.45) is 0 Å². The molecule has 7 rings (SSSR count). The molecule has 2 aliphatic carbocycles. The number of nitrogens with one attached hydrogen (secondary N) is 2. The molecule has 2 aromatic carbocycles. The van der Waals surface area contributed by atoms with Gasteiger partial charge in [-0.05, 0) is 87.5 Å². The number of carbonyl (C=O) groups excluding carboxylic acids is 2. The molecular weight excluding hydrogens is 629 g/mol. The number of piperazine rings is 1. The molecule has 0 spiro atoms. The quantitative estimate of drug-likeness (QED) is 0.385. The molecule has 3 fully saturated rings. The van der Waals surface area contributed by atoms with Crippen molar-refractivity contribution in [1.82, 2.24) is 28.7 Å². The minimum Gasteiger partial charge on any atom is -0.497 e. The highest BCUT2D eigenvalue weighted by Crippen LogP contribution is 2.60. The Labute approximate surface area is 283 Å². The number of hydrogen-bond acceptors (Lipinski definition) is 6. The normalized spacial score (nSPS) is 26.0. The molecule has 2 N–H and O–H groups in total. The molecule has 1 saturated heterocycles. The third-order valence-corrected chi connectivity index (χ3v) is 12.9. The molecule has 2 saturated carbocycles. The summed E-state index contributed by atoms with van der Waals surface area (Å²) in [4.78, 5) is 31.7. The van der Waals surface area contributed by atoms with E-state index in [4.69, 9.17) is 4.74 Å². The first-order chi connectivity index (χ1) is 22.8. The second-order valence-corrected chi connectivity index (χ2v) is 16.6. The number of fused-ring (bicyclic) bond motifs is 7. The molecule has 3 aromatic rings. The summed E-state index contributed by atoms with van der Waals surface area (Å²) in [5.74, 6) is 0.562. The van der Waals surface area contributed by atoms with Crippen LogP contribution < -0.4 is 14.8 Å². The van der Waals surface area contributed by atoms with Crippen molar-refractivity contribution < 1.29 is 22.7 Å². The van der Waals surface area contributed by atoms with Gasteiger partial charge in [0.05, 0.1) is 18.3 Å². The third-order valence-electron chi connectivity index (χ3n) is 11.5. The Morgan fingerprint density at radius 2 is 1.71 bits per heavy atom. The van der Waals surface area contributed by atoms with Crippen molar-refractivity contribution in [3.8, 4) is 17.0 Å². The zero-order valence-corrected chi connectivity index (χ0v) is 29.7. The van der Waals surface area contributed by atoms with Crippen LogP contribution in [0.5, 0.6) is 5.75 Å². The van der Waals surface area contributed by atoms with Crippen LogP contribution in [0.3, 0.4) is 0 Å². The fourth-order valence-corrected chi connectivity index (χ4v) is 8.96. The molecule has 48 heavy (non-hydrogen) atoms. The topological polar surface area (TPSA) is 116 Å².